The average molecular weight is 431 g/mol. The number of carbonyl (C=O) groups is 2. The van der Waals surface area contributed by atoms with Gasteiger partial charge in [-0.2, -0.15) is 0 Å². The Morgan fingerprint density at radius 3 is 2.63 bits per heavy atom. The van der Waals surface area contributed by atoms with Crippen LogP contribution in [0.1, 0.15) is 42.5 Å². The Kier molecular flexibility index (Phi) is 6.96. The molecule has 9 heteroatoms. The summed E-state index contributed by atoms with van der Waals surface area (Å²) in [7, 11) is 1.52. The molecule has 0 unspecified atom stereocenters. The van der Waals surface area contributed by atoms with Gasteiger partial charge in [0.2, 0.25) is 0 Å². The lowest BCUT2D eigenvalue weighted by Gasteiger charge is -2.05. The predicted octanol–water partition coefficient (Wildman–Crippen LogP) is 3.87. The minimum atomic E-state index is -0.506. The Hall–Kier alpha value is -3.04. The van der Waals surface area contributed by atoms with Crippen LogP contribution in [0.5, 0.6) is 0 Å². The van der Waals surface area contributed by atoms with Crippen LogP contribution in [0.4, 0.5) is 9.52 Å². The zero-order valence-corrected chi connectivity index (χ0v) is 17.7. The third kappa shape index (κ3) is 5.11. The fraction of sp³-hybridized carbons (Fsp3) is 0.286. The van der Waals surface area contributed by atoms with Crippen molar-refractivity contribution in [2.24, 2.45) is 0 Å². The third-order valence-corrected chi connectivity index (χ3v) is 5.37. The van der Waals surface area contributed by atoms with Gasteiger partial charge in [0.05, 0.1) is 12.2 Å². The number of aromatic nitrogens is 2. The maximum Gasteiger partial charge on any atom is 0.340 e. The van der Waals surface area contributed by atoms with E-state index < -0.39 is 11.9 Å². The molecule has 1 amide bonds. The number of anilines is 1. The standard InChI is InChI=1S/C21H22FN3O4S/c1-12-17(20(27)29-9-8-28-3)13(2)24-18(12)19(26)25-21-23-11-16(30-21)10-14-4-6-15(22)7-5-14/h4-7,11,24H,8-10H2,1-3H3,(H,23,25,26). The first kappa shape index (κ1) is 21.7. The van der Waals surface area contributed by atoms with Gasteiger partial charge in [0.25, 0.3) is 5.91 Å². The van der Waals surface area contributed by atoms with Crippen molar-refractivity contribution in [3.63, 3.8) is 0 Å². The van der Waals surface area contributed by atoms with Crippen molar-refractivity contribution in [2.75, 3.05) is 25.6 Å². The molecule has 0 aliphatic carbocycles. The number of thiazole rings is 1. The molecular formula is C21H22FN3O4S. The second-order valence-electron chi connectivity index (χ2n) is 6.64. The van der Waals surface area contributed by atoms with Crippen LogP contribution in [-0.2, 0) is 15.9 Å². The van der Waals surface area contributed by atoms with Crippen LogP contribution in [0.25, 0.3) is 0 Å². The minimum absolute atomic E-state index is 0.136. The van der Waals surface area contributed by atoms with E-state index in [-0.39, 0.29) is 18.1 Å². The van der Waals surface area contributed by atoms with Crippen LogP contribution in [0, 0.1) is 19.7 Å². The largest absolute Gasteiger partial charge is 0.460 e. The van der Waals surface area contributed by atoms with Gasteiger partial charge in [-0.05, 0) is 37.1 Å². The van der Waals surface area contributed by atoms with Gasteiger partial charge in [0.15, 0.2) is 5.13 Å². The highest BCUT2D eigenvalue weighted by molar-refractivity contribution is 7.15. The first-order valence-corrected chi connectivity index (χ1v) is 10.1. The summed E-state index contributed by atoms with van der Waals surface area (Å²) >= 11 is 1.34. The van der Waals surface area contributed by atoms with Crippen molar-refractivity contribution in [3.8, 4) is 0 Å². The van der Waals surface area contributed by atoms with Gasteiger partial charge in [-0.3, -0.25) is 10.1 Å². The zero-order chi connectivity index (χ0) is 21.7. The second kappa shape index (κ2) is 9.64. The Morgan fingerprint density at radius 2 is 1.93 bits per heavy atom. The molecule has 2 N–H and O–H groups in total. The van der Waals surface area contributed by atoms with Gasteiger partial charge in [0, 0.05) is 30.3 Å². The Bertz CT molecular complexity index is 1040. The van der Waals surface area contributed by atoms with Gasteiger partial charge in [-0.1, -0.05) is 12.1 Å². The molecule has 0 aliphatic rings. The van der Waals surface area contributed by atoms with Crippen molar-refractivity contribution in [1.82, 2.24) is 9.97 Å². The number of nitrogens with zero attached hydrogens (tertiary/aromatic N) is 1. The van der Waals surface area contributed by atoms with Crippen LogP contribution in [0.15, 0.2) is 30.5 Å². The number of ether oxygens (including phenoxy) is 2. The summed E-state index contributed by atoms with van der Waals surface area (Å²) in [6.45, 7) is 3.83. The van der Waals surface area contributed by atoms with Crippen LogP contribution in [0.3, 0.4) is 0 Å². The highest BCUT2D eigenvalue weighted by Gasteiger charge is 2.23. The zero-order valence-electron chi connectivity index (χ0n) is 16.9. The number of aromatic amines is 1. The van der Waals surface area contributed by atoms with Gasteiger partial charge in [-0.15, -0.1) is 11.3 Å². The number of halogens is 1. The molecule has 0 spiro atoms. The average Bonchev–Trinajstić information content (AvgIpc) is 3.27. The fourth-order valence-corrected chi connectivity index (χ4v) is 3.82. The SMILES string of the molecule is COCCOC(=O)c1c(C)[nH]c(C(=O)Nc2ncc(Cc3ccc(F)cc3)s2)c1C. The lowest BCUT2D eigenvalue weighted by atomic mass is 10.1. The molecule has 2 heterocycles. The molecule has 0 aliphatic heterocycles. The molecule has 2 aromatic heterocycles. The van der Waals surface area contributed by atoms with E-state index >= 15 is 0 Å². The van der Waals surface area contributed by atoms with Crippen molar-refractivity contribution in [2.45, 2.75) is 20.3 Å². The molecule has 1 aromatic carbocycles. The number of aryl methyl sites for hydroxylation is 1. The number of rotatable bonds is 8. The monoisotopic (exact) mass is 431 g/mol. The molecule has 0 atom stereocenters. The quantitative estimate of drug-likeness (QED) is 0.417. The highest BCUT2D eigenvalue weighted by atomic mass is 32.1. The third-order valence-electron chi connectivity index (χ3n) is 4.45. The van der Waals surface area contributed by atoms with E-state index in [4.69, 9.17) is 9.47 Å². The van der Waals surface area contributed by atoms with Crippen molar-refractivity contribution >= 4 is 28.3 Å². The van der Waals surface area contributed by atoms with Gasteiger partial charge >= 0.3 is 5.97 Å². The number of benzene rings is 1. The molecule has 7 nitrogen and oxygen atoms in total. The van der Waals surface area contributed by atoms with Crippen molar-refractivity contribution < 1.29 is 23.5 Å². The number of esters is 1. The molecule has 3 rings (SSSR count). The lowest BCUT2D eigenvalue weighted by molar-refractivity contribution is 0.0387. The Balaban J connectivity index is 1.68. The summed E-state index contributed by atoms with van der Waals surface area (Å²) in [5, 5.41) is 3.19. The smallest absolute Gasteiger partial charge is 0.340 e. The van der Waals surface area contributed by atoms with Crippen molar-refractivity contribution in [1.29, 1.82) is 0 Å². The molecular weight excluding hydrogens is 409 g/mol. The number of amides is 1. The molecule has 0 fully saturated rings. The van der Waals surface area contributed by atoms with Gasteiger partial charge in [0.1, 0.15) is 18.1 Å². The van der Waals surface area contributed by atoms with Crippen LogP contribution >= 0.6 is 11.3 Å². The maximum absolute atomic E-state index is 13.0. The summed E-state index contributed by atoms with van der Waals surface area (Å²) in [4.78, 5) is 33.1. The van der Waals surface area contributed by atoms with E-state index in [1.54, 1.807) is 32.2 Å². The van der Waals surface area contributed by atoms with E-state index in [2.05, 4.69) is 15.3 Å². The summed E-state index contributed by atoms with van der Waals surface area (Å²) in [5.41, 5.74) is 2.63. The Morgan fingerprint density at radius 1 is 1.20 bits per heavy atom. The van der Waals surface area contributed by atoms with Crippen molar-refractivity contribution in [3.05, 3.63) is 69.2 Å². The van der Waals surface area contributed by atoms with Gasteiger partial charge in [-0.25, -0.2) is 14.2 Å². The topological polar surface area (TPSA) is 93.3 Å². The van der Waals surface area contributed by atoms with E-state index in [1.165, 1.54) is 30.6 Å². The van der Waals surface area contributed by atoms with Gasteiger partial charge < -0.3 is 14.5 Å². The number of nitrogens with one attached hydrogen (secondary N) is 2. The predicted molar refractivity (Wildman–Crippen MR) is 112 cm³/mol. The molecule has 3 aromatic rings. The maximum atomic E-state index is 13.0. The van der Waals surface area contributed by atoms with E-state index in [0.717, 1.165) is 10.4 Å². The lowest BCUT2D eigenvalue weighted by Crippen LogP contribution is -2.14. The minimum Gasteiger partial charge on any atom is -0.460 e. The van der Waals surface area contributed by atoms with Crippen LogP contribution < -0.4 is 5.32 Å². The molecule has 0 saturated carbocycles. The normalized spacial score (nSPS) is 10.8. The molecule has 0 radical (unpaired) electrons. The number of methoxy groups -OCH3 is 1. The number of hydrogen-bond donors (Lipinski definition) is 2. The first-order chi connectivity index (χ1) is 14.4. The highest BCUT2D eigenvalue weighted by Crippen LogP contribution is 2.24. The molecule has 0 saturated heterocycles. The van der Waals surface area contributed by atoms with E-state index in [1.807, 2.05) is 0 Å². The number of H-pyrrole nitrogens is 1. The second-order valence-corrected chi connectivity index (χ2v) is 7.76. The van der Waals surface area contributed by atoms with Crippen LogP contribution in [-0.4, -0.2) is 42.2 Å². The first-order valence-electron chi connectivity index (χ1n) is 9.24. The number of hydrogen-bond acceptors (Lipinski definition) is 6. The van der Waals surface area contributed by atoms with E-state index in [0.29, 0.717) is 35.0 Å². The van der Waals surface area contributed by atoms with Crippen LogP contribution in [0.2, 0.25) is 0 Å². The summed E-state index contributed by atoms with van der Waals surface area (Å²) in [6, 6.07) is 6.25. The number of carbonyl (C=O) groups excluding carboxylic acids is 2. The summed E-state index contributed by atoms with van der Waals surface area (Å²) in [5.74, 6) is -1.18. The Labute approximate surface area is 177 Å². The molecule has 30 heavy (non-hydrogen) atoms. The summed E-state index contributed by atoms with van der Waals surface area (Å²) in [6.07, 6.45) is 2.26. The molecule has 0 bridgehead atoms. The fourth-order valence-electron chi connectivity index (χ4n) is 2.98. The molecule has 158 valence electrons. The van der Waals surface area contributed by atoms with E-state index in [9.17, 15) is 14.0 Å². The summed E-state index contributed by atoms with van der Waals surface area (Å²) < 4.78 is 23.1.